The third kappa shape index (κ3) is 12.5. The van der Waals surface area contributed by atoms with Crippen LogP contribution in [0.1, 0.15) is 48.1 Å². The summed E-state index contributed by atoms with van der Waals surface area (Å²) in [5.74, 6) is -0.213. The Kier molecular flexibility index (Phi) is 15.6. The summed E-state index contributed by atoms with van der Waals surface area (Å²) in [6, 6.07) is 48.7. The fraction of sp³-hybridized carbons (Fsp3) is 0.333. The lowest BCUT2D eigenvalue weighted by atomic mass is 9.91. The van der Waals surface area contributed by atoms with Gasteiger partial charge in [0.15, 0.2) is 5.78 Å². The summed E-state index contributed by atoms with van der Waals surface area (Å²) in [4.78, 5) is 29.1. The highest BCUT2D eigenvalue weighted by molar-refractivity contribution is 5.90. The maximum absolute atomic E-state index is 14.1. The van der Waals surface area contributed by atoms with Crippen LogP contribution < -0.4 is 0 Å². The fourth-order valence-electron chi connectivity index (χ4n) is 7.65. The molecule has 2 aliphatic heterocycles. The molecule has 10 heteroatoms. The molecule has 7 rings (SSSR count). The van der Waals surface area contributed by atoms with Crippen LogP contribution in [-0.4, -0.2) is 72.3 Å². The molecule has 2 heterocycles. The standard InChI is InChI=1S/C51H55NO9/c1-51(2)52(50(54)59-35-42-26-16-7-17-27-42)43(36-60-51)28-29-44(53)30-45-47(56-32-39-20-10-4-11-21-39)49(58-34-41-24-14-6-15-25-41)48(57-33-40-22-12-5-13-23-40)46(61-45)37-55-31-38-18-8-3-9-19-38/h3-29,43,45-49H,30-37H2,1-2H3/b29-28+/t43-,45-,46-,47+,48-,49-/m1/s1. The zero-order chi connectivity index (χ0) is 42.3. The molecule has 0 radical (unpaired) electrons. The Balaban J connectivity index is 1.14. The lowest BCUT2D eigenvalue weighted by molar-refractivity contribution is -0.272. The number of ether oxygens (including phenoxy) is 7. The van der Waals surface area contributed by atoms with Crippen molar-refractivity contribution in [1.82, 2.24) is 4.90 Å². The van der Waals surface area contributed by atoms with Crippen LogP contribution in [0.2, 0.25) is 0 Å². The van der Waals surface area contributed by atoms with E-state index in [0.29, 0.717) is 13.2 Å². The van der Waals surface area contributed by atoms with E-state index < -0.39 is 48.4 Å². The number of hydrogen-bond donors (Lipinski definition) is 0. The molecule has 6 atom stereocenters. The number of rotatable bonds is 19. The maximum atomic E-state index is 14.1. The Labute approximate surface area is 358 Å². The van der Waals surface area contributed by atoms with Crippen LogP contribution in [-0.2, 0) is 71.0 Å². The first-order chi connectivity index (χ1) is 29.8. The van der Waals surface area contributed by atoms with E-state index in [1.165, 1.54) is 11.0 Å². The van der Waals surface area contributed by atoms with Gasteiger partial charge in [0.2, 0.25) is 0 Å². The van der Waals surface area contributed by atoms with Crippen molar-refractivity contribution in [2.75, 3.05) is 13.2 Å². The molecular weight excluding hydrogens is 771 g/mol. The molecule has 2 fully saturated rings. The number of nitrogens with zero attached hydrogens (tertiary/aromatic N) is 1. The Hall–Kier alpha value is -5.46. The van der Waals surface area contributed by atoms with Gasteiger partial charge in [0.05, 0.1) is 51.8 Å². The average Bonchev–Trinajstić information content (AvgIpc) is 3.61. The molecule has 0 aliphatic carbocycles. The van der Waals surface area contributed by atoms with Crippen LogP contribution in [0.15, 0.2) is 164 Å². The zero-order valence-corrected chi connectivity index (χ0v) is 34.8. The summed E-state index contributed by atoms with van der Waals surface area (Å²) < 4.78 is 45.3. The molecule has 1 amide bonds. The molecule has 5 aromatic carbocycles. The summed E-state index contributed by atoms with van der Waals surface area (Å²) in [7, 11) is 0. The quantitative estimate of drug-likeness (QED) is 0.0756. The van der Waals surface area contributed by atoms with Crippen LogP contribution >= 0.6 is 0 Å². The molecule has 0 aromatic heterocycles. The molecule has 0 saturated carbocycles. The van der Waals surface area contributed by atoms with Crippen molar-refractivity contribution in [2.24, 2.45) is 0 Å². The van der Waals surface area contributed by atoms with Crippen molar-refractivity contribution in [3.63, 3.8) is 0 Å². The van der Waals surface area contributed by atoms with Crippen molar-refractivity contribution in [3.05, 3.63) is 192 Å². The van der Waals surface area contributed by atoms with Crippen LogP contribution in [0.5, 0.6) is 0 Å². The van der Waals surface area contributed by atoms with E-state index >= 15 is 0 Å². The molecule has 61 heavy (non-hydrogen) atoms. The minimum atomic E-state index is -0.945. The Morgan fingerprint density at radius 3 is 1.51 bits per heavy atom. The molecular formula is C51H55NO9. The van der Waals surface area contributed by atoms with Gasteiger partial charge in [0.1, 0.15) is 36.7 Å². The van der Waals surface area contributed by atoms with Crippen LogP contribution in [0.25, 0.3) is 0 Å². The number of hydrogen-bond acceptors (Lipinski definition) is 9. The van der Waals surface area contributed by atoms with E-state index in [0.717, 1.165) is 27.8 Å². The highest BCUT2D eigenvalue weighted by atomic mass is 16.6. The molecule has 10 nitrogen and oxygen atoms in total. The van der Waals surface area contributed by atoms with Gasteiger partial charge in [-0.2, -0.15) is 0 Å². The Morgan fingerprint density at radius 2 is 1.02 bits per heavy atom. The summed E-state index contributed by atoms with van der Waals surface area (Å²) in [6.45, 7) is 5.33. The molecule has 0 spiro atoms. The van der Waals surface area contributed by atoms with Crippen molar-refractivity contribution in [3.8, 4) is 0 Å². The van der Waals surface area contributed by atoms with Crippen LogP contribution in [0, 0.1) is 0 Å². The van der Waals surface area contributed by atoms with E-state index in [9.17, 15) is 9.59 Å². The second-order valence-electron chi connectivity index (χ2n) is 15.8. The van der Waals surface area contributed by atoms with Gasteiger partial charge in [-0.05, 0) is 47.7 Å². The summed E-state index contributed by atoms with van der Waals surface area (Å²) in [6.07, 6.45) is -0.720. The minimum absolute atomic E-state index is 0.0306. The van der Waals surface area contributed by atoms with E-state index in [-0.39, 0.29) is 45.2 Å². The fourth-order valence-corrected chi connectivity index (χ4v) is 7.65. The van der Waals surface area contributed by atoms with Crippen molar-refractivity contribution < 1.29 is 42.7 Å². The maximum Gasteiger partial charge on any atom is 0.412 e. The van der Waals surface area contributed by atoms with Crippen molar-refractivity contribution >= 4 is 11.9 Å². The summed E-state index contributed by atoms with van der Waals surface area (Å²) >= 11 is 0. The summed E-state index contributed by atoms with van der Waals surface area (Å²) in [5.41, 5.74) is 3.89. The predicted molar refractivity (Wildman–Crippen MR) is 231 cm³/mol. The first-order valence-corrected chi connectivity index (χ1v) is 20.9. The van der Waals surface area contributed by atoms with Gasteiger partial charge < -0.3 is 33.2 Å². The van der Waals surface area contributed by atoms with E-state index in [1.54, 1.807) is 6.08 Å². The molecule has 2 saturated heterocycles. The summed E-state index contributed by atoms with van der Waals surface area (Å²) in [5, 5.41) is 0. The molecule has 0 N–H and O–H groups in total. The first kappa shape index (κ1) is 43.6. The smallest absolute Gasteiger partial charge is 0.412 e. The largest absolute Gasteiger partial charge is 0.444 e. The number of ketones is 1. The van der Waals surface area contributed by atoms with Gasteiger partial charge in [0.25, 0.3) is 0 Å². The molecule has 318 valence electrons. The van der Waals surface area contributed by atoms with Crippen LogP contribution in [0.4, 0.5) is 4.79 Å². The third-order valence-corrected chi connectivity index (χ3v) is 10.8. The molecule has 5 aromatic rings. The SMILES string of the molecule is CC1(C)OC[C@@H](/C=C/C(=O)C[C@H]2O[C@H](COCc3ccccc3)[C@@H](OCc3ccccc3)[C@H](OCc3ccccc3)[C@H]2OCc2ccccc2)N1C(=O)OCc1ccccc1. The third-order valence-electron chi connectivity index (χ3n) is 10.8. The molecule has 2 aliphatic rings. The van der Waals surface area contributed by atoms with Gasteiger partial charge in [-0.25, -0.2) is 4.79 Å². The van der Waals surface area contributed by atoms with Gasteiger partial charge in [-0.1, -0.05) is 158 Å². The second-order valence-corrected chi connectivity index (χ2v) is 15.8. The van der Waals surface area contributed by atoms with Gasteiger partial charge in [0, 0.05) is 6.42 Å². The molecule has 0 bridgehead atoms. The van der Waals surface area contributed by atoms with Gasteiger partial charge >= 0.3 is 6.09 Å². The highest BCUT2D eigenvalue weighted by Gasteiger charge is 2.49. The highest BCUT2D eigenvalue weighted by Crippen LogP contribution is 2.33. The van der Waals surface area contributed by atoms with Crippen molar-refractivity contribution in [2.45, 2.75) is 95.6 Å². The lowest BCUT2D eigenvalue weighted by Crippen LogP contribution is -2.61. The number of carbonyl (C=O) groups is 2. The first-order valence-electron chi connectivity index (χ1n) is 20.9. The predicted octanol–water partition coefficient (Wildman–Crippen LogP) is 9.02. The van der Waals surface area contributed by atoms with Crippen molar-refractivity contribution in [1.29, 1.82) is 0 Å². The topological polar surface area (TPSA) is 102 Å². The number of amides is 1. The Morgan fingerprint density at radius 1 is 0.590 bits per heavy atom. The van der Waals surface area contributed by atoms with E-state index in [1.807, 2.05) is 166 Å². The minimum Gasteiger partial charge on any atom is -0.444 e. The zero-order valence-electron chi connectivity index (χ0n) is 34.8. The average molecular weight is 826 g/mol. The number of allylic oxidation sites excluding steroid dienone is 1. The van der Waals surface area contributed by atoms with Gasteiger partial charge in [-0.15, -0.1) is 0 Å². The monoisotopic (exact) mass is 825 g/mol. The molecule has 0 unspecified atom stereocenters. The Bertz CT molecular complexity index is 2100. The number of benzene rings is 5. The van der Waals surface area contributed by atoms with Gasteiger partial charge in [-0.3, -0.25) is 9.69 Å². The normalized spacial score (nSPS) is 22.3. The van der Waals surface area contributed by atoms with E-state index in [2.05, 4.69) is 0 Å². The van der Waals surface area contributed by atoms with Crippen LogP contribution in [0.3, 0.4) is 0 Å². The number of carbonyl (C=O) groups excluding carboxylic acids is 2. The second kappa shape index (κ2) is 21.9. The lowest BCUT2D eigenvalue weighted by Gasteiger charge is -2.46. The van der Waals surface area contributed by atoms with E-state index in [4.69, 9.17) is 33.2 Å².